The number of methoxy groups -OCH3 is 1. The highest BCUT2D eigenvalue weighted by atomic mass is 16.5. The second-order valence-electron chi connectivity index (χ2n) is 7.36. The van der Waals surface area contributed by atoms with Gasteiger partial charge in [0.05, 0.1) is 12.0 Å². The van der Waals surface area contributed by atoms with E-state index in [0.717, 1.165) is 11.5 Å². The lowest BCUT2D eigenvalue weighted by Gasteiger charge is -2.17. The Morgan fingerprint density at radius 1 is 1.43 bits per heavy atom. The van der Waals surface area contributed by atoms with E-state index in [0.29, 0.717) is 18.9 Å². The Bertz CT molecular complexity index is 581. The minimum atomic E-state index is -0.139. The topological polar surface area (TPSA) is 51.5 Å². The van der Waals surface area contributed by atoms with Gasteiger partial charge in [0.25, 0.3) is 0 Å². The van der Waals surface area contributed by atoms with Gasteiger partial charge in [0, 0.05) is 13.7 Å². The summed E-state index contributed by atoms with van der Waals surface area (Å²) < 4.78 is 10.9. The number of nitrogens with one attached hydrogen (secondary N) is 1. The average molecular weight is 319 g/mol. The number of ether oxygens (including phenoxy) is 1. The predicted octanol–water partition coefficient (Wildman–Crippen LogP) is 4.02. The maximum Gasteiger partial charge on any atom is 0.224 e. The van der Waals surface area contributed by atoms with Crippen LogP contribution in [0.1, 0.15) is 51.7 Å². The van der Waals surface area contributed by atoms with Crippen molar-refractivity contribution in [3.8, 4) is 0 Å². The zero-order valence-electron chi connectivity index (χ0n) is 15.1. The summed E-state index contributed by atoms with van der Waals surface area (Å²) in [5, 5.41) is 3.16. The summed E-state index contributed by atoms with van der Waals surface area (Å²) in [6.45, 7) is 11.0. The fourth-order valence-corrected chi connectivity index (χ4v) is 3.27. The Kier molecular flexibility index (Phi) is 5.35. The van der Waals surface area contributed by atoms with Crippen molar-refractivity contribution in [1.82, 2.24) is 5.32 Å². The molecule has 0 aromatic carbocycles. The van der Waals surface area contributed by atoms with Gasteiger partial charge in [0.2, 0.25) is 5.91 Å². The fraction of sp³-hybridized carbons (Fsp3) is 0.632. The first-order valence-electron chi connectivity index (χ1n) is 8.28. The molecule has 3 atom stereocenters. The Morgan fingerprint density at radius 3 is 2.65 bits per heavy atom. The number of aryl methyl sites for hydroxylation is 1. The molecule has 4 heteroatoms. The van der Waals surface area contributed by atoms with Crippen molar-refractivity contribution in [1.29, 1.82) is 0 Å². The van der Waals surface area contributed by atoms with Gasteiger partial charge in [0.15, 0.2) is 0 Å². The molecule has 1 aliphatic rings. The van der Waals surface area contributed by atoms with Crippen LogP contribution >= 0.6 is 0 Å². The number of furan rings is 1. The quantitative estimate of drug-likeness (QED) is 0.772. The van der Waals surface area contributed by atoms with Crippen molar-refractivity contribution in [2.75, 3.05) is 13.7 Å². The highest BCUT2D eigenvalue weighted by molar-refractivity contribution is 5.84. The first kappa shape index (κ1) is 17.8. The summed E-state index contributed by atoms with van der Waals surface area (Å²) in [6, 6.07) is 3.72. The van der Waals surface area contributed by atoms with Gasteiger partial charge in [0.1, 0.15) is 11.5 Å². The Balaban J connectivity index is 2.08. The summed E-state index contributed by atoms with van der Waals surface area (Å²) in [5.41, 5.74) is 1.28. The third kappa shape index (κ3) is 4.05. The molecule has 0 aliphatic heterocycles. The minimum Gasteiger partial charge on any atom is -0.464 e. The lowest BCUT2D eigenvalue weighted by molar-refractivity contribution is -0.124. The van der Waals surface area contributed by atoms with Crippen LogP contribution in [0.15, 0.2) is 28.2 Å². The lowest BCUT2D eigenvalue weighted by Crippen LogP contribution is -2.31. The monoisotopic (exact) mass is 319 g/mol. The van der Waals surface area contributed by atoms with Gasteiger partial charge < -0.3 is 14.5 Å². The molecule has 128 valence electrons. The summed E-state index contributed by atoms with van der Waals surface area (Å²) in [4.78, 5) is 12.7. The van der Waals surface area contributed by atoms with Crippen LogP contribution in [0, 0.1) is 24.2 Å². The maximum absolute atomic E-state index is 12.7. The number of hydrogen-bond acceptors (Lipinski definition) is 3. The molecule has 0 bridgehead atoms. The van der Waals surface area contributed by atoms with E-state index in [4.69, 9.17) is 9.15 Å². The van der Waals surface area contributed by atoms with E-state index in [2.05, 4.69) is 39.1 Å². The molecule has 1 aliphatic carbocycles. The largest absolute Gasteiger partial charge is 0.464 e. The normalized spacial score (nSPS) is 23.2. The molecule has 23 heavy (non-hydrogen) atoms. The molecule has 2 rings (SSSR count). The summed E-state index contributed by atoms with van der Waals surface area (Å²) in [6.07, 6.45) is 2.92. The van der Waals surface area contributed by atoms with Gasteiger partial charge in [-0.3, -0.25) is 4.79 Å². The van der Waals surface area contributed by atoms with Crippen molar-refractivity contribution in [3.05, 3.63) is 35.3 Å². The molecule has 1 N–H and O–H groups in total. The maximum atomic E-state index is 12.7. The van der Waals surface area contributed by atoms with E-state index < -0.39 is 0 Å². The van der Waals surface area contributed by atoms with E-state index in [1.54, 1.807) is 7.11 Å². The standard InChI is InChI=1S/C19H29NO3/c1-12(2)11-14-17(19(14,4)5)18(21)20-15(9-10-22-6)16-8-7-13(3)23-16/h7-8,11,14-15,17H,9-10H2,1-6H3,(H,20,21)/t14-,15-,17-/m0/s1. The molecular formula is C19H29NO3. The SMILES string of the molecule is COCC[C@H](NC(=O)[C@@H]1[C@H](C=C(C)C)C1(C)C)c1ccc(C)o1. The second-order valence-corrected chi connectivity index (χ2v) is 7.36. The van der Waals surface area contributed by atoms with Crippen LogP contribution in [-0.2, 0) is 9.53 Å². The van der Waals surface area contributed by atoms with E-state index >= 15 is 0 Å². The molecule has 0 saturated heterocycles. The van der Waals surface area contributed by atoms with E-state index in [1.807, 2.05) is 19.1 Å². The first-order chi connectivity index (χ1) is 10.8. The molecule has 1 heterocycles. The molecular weight excluding hydrogens is 290 g/mol. The molecule has 0 radical (unpaired) electrons. The van der Waals surface area contributed by atoms with Crippen LogP contribution in [0.25, 0.3) is 0 Å². The van der Waals surface area contributed by atoms with Crippen molar-refractivity contribution in [2.45, 2.75) is 47.1 Å². The van der Waals surface area contributed by atoms with Crippen LogP contribution < -0.4 is 5.32 Å². The van der Waals surface area contributed by atoms with Gasteiger partial charge >= 0.3 is 0 Å². The van der Waals surface area contributed by atoms with Crippen LogP contribution in [-0.4, -0.2) is 19.6 Å². The Morgan fingerprint density at radius 2 is 2.13 bits per heavy atom. The van der Waals surface area contributed by atoms with E-state index in [9.17, 15) is 4.79 Å². The smallest absolute Gasteiger partial charge is 0.224 e. The van der Waals surface area contributed by atoms with Gasteiger partial charge in [-0.2, -0.15) is 0 Å². The molecule has 1 fully saturated rings. The van der Waals surface area contributed by atoms with Crippen LogP contribution in [0.4, 0.5) is 0 Å². The molecule has 1 saturated carbocycles. The molecule has 1 aromatic rings. The number of allylic oxidation sites excluding steroid dienone is 2. The molecule has 0 spiro atoms. The Labute approximate surface area is 139 Å². The van der Waals surface area contributed by atoms with Gasteiger partial charge in [-0.15, -0.1) is 0 Å². The molecule has 1 aromatic heterocycles. The van der Waals surface area contributed by atoms with Crippen molar-refractivity contribution >= 4 is 5.91 Å². The van der Waals surface area contributed by atoms with Gasteiger partial charge in [-0.25, -0.2) is 0 Å². The van der Waals surface area contributed by atoms with Crippen molar-refractivity contribution < 1.29 is 13.9 Å². The molecule has 0 unspecified atom stereocenters. The number of carbonyl (C=O) groups excluding carboxylic acids is 1. The first-order valence-corrected chi connectivity index (χ1v) is 8.28. The van der Waals surface area contributed by atoms with E-state index in [1.165, 1.54) is 5.57 Å². The minimum absolute atomic E-state index is 0.0201. The number of hydrogen-bond donors (Lipinski definition) is 1. The van der Waals surface area contributed by atoms with Crippen LogP contribution in [0.3, 0.4) is 0 Å². The second kappa shape index (κ2) is 6.91. The van der Waals surface area contributed by atoms with Crippen molar-refractivity contribution in [2.24, 2.45) is 17.3 Å². The summed E-state index contributed by atoms with van der Waals surface area (Å²) in [7, 11) is 1.67. The van der Waals surface area contributed by atoms with Gasteiger partial charge in [-0.05, 0) is 50.7 Å². The van der Waals surface area contributed by atoms with Crippen molar-refractivity contribution in [3.63, 3.8) is 0 Å². The zero-order chi connectivity index (χ0) is 17.2. The highest BCUT2D eigenvalue weighted by Crippen LogP contribution is 2.59. The fourth-order valence-electron chi connectivity index (χ4n) is 3.27. The Hall–Kier alpha value is -1.55. The highest BCUT2D eigenvalue weighted by Gasteiger charge is 2.60. The summed E-state index contributed by atoms with van der Waals surface area (Å²) in [5.74, 6) is 2.09. The van der Waals surface area contributed by atoms with Crippen LogP contribution in [0.5, 0.6) is 0 Å². The molecule has 1 amide bonds. The summed E-state index contributed by atoms with van der Waals surface area (Å²) >= 11 is 0. The third-order valence-corrected chi connectivity index (χ3v) is 4.74. The van der Waals surface area contributed by atoms with Crippen LogP contribution in [0.2, 0.25) is 0 Å². The average Bonchev–Trinajstić information content (AvgIpc) is 2.80. The zero-order valence-corrected chi connectivity index (χ0v) is 15.1. The number of carbonyl (C=O) groups is 1. The lowest BCUT2D eigenvalue weighted by atomic mass is 10.1. The number of amides is 1. The third-order valence-electron chi connectivity index (χ3n) is 4.74. The predicted molar refractivity (Wildman–Crippen MR) is 91.0 cm³/mol. The van der Waals surface area contributed by atoms with E-state index in [-0.39, 0.29) is 23.3 Å². The van der Waals surface area contributed by atoms with Gasteiger partial charge in [-0.1, -0.05) is 25.5 Å². The number of rotatable bonds is 7. The molecule has 4 nitrogen and oxygen atoms in total.